The Bertz CT molecular complexity index is 794. The second kappa shape index (κ2) is 8.14. The molecule has 2 N–H and O–H groups in total. The summed E-state index contributed by atoms with van der Waals surface area (Å²) >= 11 is 6.11. The zero-order chi connectivity index (χ0) is 18.5. The van der Waals surface area contributed by atoms with Gasteiger partial charge < -0.3 is 15.3 Å². The molecule has 2 heterocycles. The molecule has 1 fully saturated rings. The predicted molar refractivity (Wildman–Crippen MR) is 97.4 cm³/mol. The molecule has 0 aliphatic carbocycles. The van der Waals surface area contributed by atoms with E-state index in [1.807, 2.05) is 11.0 Å². The highest BCUT2D eigenvalue weighted by Gasteiger charge is 2.23. The Kier molecular flexibility index (Phi) is 5.68. The zero-order valence-electron chi connectivity index (χ0n) is 14.1. The van der Waals surface area contributed by atoms with E-state index in [2.05, 4.69) is 15.3 Å². The van der Waals surface area contributed by atoms with Crippen LogP contribution >= 0.6 is 11.6 Å². The topological polar surface area (TPSA) is 95.4 Å². The highest BCUT2D eigenvalue weighted by molar-refractivity contribution is 6.33. The fraction of sp³-hybridized carbons (Fsp3) is 0.333. The summed E-state index contributed by atoms with van der Waals surface area (Å²) in [5, 5.41) is 12.0. The first-order valence-electron chi connectivity index (χ1n) is 8.39. The fourth-order valence-electron chi connectivity index (χ4n) is 2.93. The SMILES string of the molecule is O=C(O)CC(NC(=O)c1nc(N2CCCC2)ncc1Cl)c1ccccc1. The van der Waals surface area contributed by atoms with Crippen molar-refractivity contribution in [3.63, 3.8) is 0 Å². The number of halogens is 1. The van der Waals surface area contributed by atoms with Gasteiger partial charge in [0.15, 0.2) is 5.69 Å². The highest BCUT2D eigenvalue weighted by Crippen LogP contribution is 2.22. The van der Waals surface area contributed by atoms with Gasteiger partial charge in [0, 0.05) is 13.1 Å². The van der Waals surface area contributed by atoms with Crippen molar-refractivity contribution in [2.75, 3.05) is 18.0 Å². The van der Waals surface area contributed by atoms with Crippen molar-refractivity contribution in [1.82, 2.24) is 15.3 Å². The Morgan fingerprint density at radius 3 is 2.58 bits per heavy atom. The summed E-state index contributed by atoms with van der Waals surface area (Å²) in [6, 6.07) is 8.27. The molecule has 1 aromatic heterocycles. The van der Waals surface area contributed by atoms with Crippen LogP contribution < -0.4 is 10.2 Å². The number of rotatable bonds is 6. The van der Waals surface area contributed by atoms with E-state index in [4.69, 9.17) is 16.7 Å². The third kappa shape index (κ3) is 4.29. The lowest BCUT2D eigenvalue weighted by Crippen LogP contribution is -2.31. The van der Waals surface area contributed by atoms with Crippen LogP contribution in [0.5, 0.6) is 0 Å². The number of carbonyl (C=O) groups is 2. The lowest BCUT2D eigenvalue weighted by molar-refractivity contribution is -0.137. The summed E-state index contributed by atoms with van der Waals surface area (Å²) in [7, 11) is 0. The monoisotopic (exact) mass is 374 g/mol. The van der Waals surface area contributed by atoms with E-state index in [1.165, 1.54) is 6.20 Å². The molecule has 1 atom stereocenters. The van der Waals surface area contributed by atoms with Crippen LogP contribution in [0.3, 0.4) is 0 Å². The molecular weight excluding hydrogens is 356 g/mol. The highest BCUT2D eigenvalue weighted by atomic mass is 35.5. The Labute approximate surface area is 156 Å². The maximum atomic E-state index is 12.7. The number of nitrogens with one attached hydrogen (secondary N) is 1. The number of carbonyl (C=O) groups excluding carboxylic acids is 1. The third-order valence-electron chi connectivity index (χ3n) is 4.22. The van der Waals surface area contributed by atoms with Gasteiger partial charge in [-0.3, -0.25) is 9.59 Å². The van der Waals surface area contributed by atoms with Gasteiger partial charge in [0.1, 0.15) is 0 Å². The molecule has 8 heteroatoms. The average Bonchev–Trinajstić information content (AvgIpc) is 3.16. The van der Waals surface area contributed by atoms with Crippen LogP contribution in [0.1, 0.15) is 41.4 Å². The van der Waals surface area contributed by atoms with E-state index in [-0.39, 0.29) is 17.1 Å². The number of hydrogen-bond donors (Lipinski definition) is 2. The molecule has 2 aromatic rings. The first kappa shape index (κ1) is 18.1. The van der Waals surface area contributed by atoms with Gasteiger partial charge in [-0.2, -0.15) is 0 Å². The number of anilines is 1. The van der Waals surface area contributed by atoms with E-state index in [0.29, 0.717) is 11.5 Å². The molecule has 1 aromatic carbocycles. The van der Waals surface area contributed by atoms with Crippen molar-refractivity contribution in [3.8, 4) is 0 Å². The molecule has 1 saturated heterocycles. The molecule has 0 bridgehead atoms. The third-order valence-corrected chi connectivity index (χ3v) is 4.50. The lowest BCUT2D eigenvalue weighted by Gasteiger charge is -2.19. The van der Waals surface area contributed by atoms with Crippen molar-refractivity contribution in [3.05, 3.63) is 52.8 Å². The van der Waals surface area contributed by atoms with E-state index >= 15 is 0 Å². The predicted octanol–water partition coefficient (Wildman–Crippen LogP) is 2.68. The summed E-state index contributed by atoms with van der Waals surface area (Å²) in [5.74, 6) is -1.06. The number of amides is 1. The number of aliphatic carboxylic acids is 1. The van der Waals surface area contributed by atoms with Gasteiger partial charge in [0.25, 0.3) is 5.91 Å². The summed E-state index contributed by atoms with van der Waals surface area (Å²) in [5.41, 5.74) is 0.753. The maximum Gasteiger partial charge on any atom is 0.305 e. The maximum absolute atomic E-state index is 12.7. The fourth-order valence-corrected chi connectivity index (χ4v) is 3.10. The van der Waals surface area contributed by atoms with Gasteiger partial charge in [-0.25, -0.2) is 9.97 Å². The first-order chi connectivity index (χ1) is 12.5. The number of carboxylic acid groups (broad SMARTS) is 1. The van der Waals surface area contributed by atoms with E-state index in [9.17, 15) is 9.59 Å². The molecule has 1 aliphatic rings. The van der Waals surface area contributed by atoms with Crippen LogP contribution in [-0.4, -0.2) is 40.0 Å². The second-order valence-electron chi connectivity index (χ2n) is 6.10. The molecule has 136 valence electrons. The summed E-state index contributed by atoms with van der Waals surface area (Å²) in [6.45, 7) is 1.68. The second-order valence-corrected chi connectivity index (χ2v) is 6.50. The molecule has 0 saturated carbocycles. The number of aromatic nitrogens is 2. The molecule has 1 aliphatic heterocycles. The van der Waals surface area contributed by atoms with E-state index < -0.39 is 17.9 Å². The minimum atomic E-state index is -1.01. The minimum Gasteiger partial charge on any atom is -0.481 e. The summed E-state index contributed by atoms with van der Waals surface area (Å²) < 4.78 is 0. The van der Waals surface area contributed by atoms with Crippen molar-refractivity contribution < 1.29 is 14.7 Å². The van der Waals surface area contributed by atoms with Gasteiger partial charge in [0.05, 0.1) is 23.7 Å². The van der Waals surface area contributed by atoms with E-state index in [1.54, 1.807) is 24.3 Å². The van der Waals surface area contributed by atoms with Gasteiger partial charge in [-0.15, -0.1) is 0 Å². The van der Waals surface area contributed by atoms with Crippen LogP contribution in [-0.2, 0) is 4.79 Å². The standard InChI is InChI=1S/C18H19ClN4O3/c19-13-11-20-18(23-8-4-5-9-23)22-16(13)17(26)21-14(10-15(24)25)12-6-2-1-3-7-12/h1-3,6-7,11,14H,4-5,8-10H2,(H,21,26)(H,24,25). The summed E-state index contributed by atoms with van der Waals surface area (Å²) in [6.07, 6.45) is 3.29. The molecule has 3 rings (SSSR count). The Hall–Kier alpha value is -2.67. The average molecular weight is 375 g/mol. The Balaban J connectivity index is 1.82. The van der Waals surface area contributed by atoms with Crippen LogP contribution in [0, 0.1) is 0 Å². The lowest BCUT2D eigenvalue weighted by atomic mass is 10.0. The molecule has 0 spiro atoms. The van der Waals surface area contributed by atoms with Crippen molar-refractivity contribution in [1.29, 1.82) is 0 Å². The number of benzene rings is 1. The first-order valence-corrected chi connectivity index (χ1v) is 8.77. The van der Waals surface area contributed by atoms with Crippen molar-refractivity contribution in [2.45, 2.75) is 25.3 Å². The smallest absolute Gasteiger partial charge is 0.305 e. The molecule has 1 amide bonds. The number of nitrogens with zero attached hydrogens (tertiary/aromatic N) is 3. The van der Waals surface area contributed by atoms with Crippen LogP contribution in [0.4, 0.5) is 5.95 Å². The molecular formula is C18H19ClN4O3. The zero-order valence-corrected chi connectivity index (χ0v) is 14.8. The Morgan fingerprint density at radius 1 is 1.23 bits per heavy atom. The van der Waals surface area contributed by atoms with Gasteiger partial charge in [-0.1, -0.05) is 41.9 Å². The minimum absolute atomic E-state index is 0.0508. The van der Waals surface area contributed by atoms with Crippen molar-refractivity contribution in [2.24, 2.45) is 0 Å². The molecule has 1 unspecified atom stereocenters. The quantitative estimate of drug-likeness (QED) is 0.807. The normalized spacial score (nSPS) is 14.9. The molecule has 0 radical (unpaired) electrons. The molecule has 26 heavy (non-hydrogen) atoms. The van der Waals surface area contributed by atoms with Crippen LogP contribution in [0.25, 0.3) is 0 Å². The summed E-state index contributed by atoms with van der Waals surface area (Å²) in [4.78, 5) is 34.4. The number of hydrogen-bond acceptors (Lipinski definition) is 5. The van der Waals surface area contributed by atoms with Crippen molar-refractivity contribution >= 4 is 29.4 Å². The van der Waals surface area contributed by atoms with Crippen LogP contribution in [0.2, 0.25) is 5.02 Å². The van der Waals surface area contributed by atoms with Gasteiger partial charge in [0.2, 0.25) is 5.95 Å². The van der Waals surface area contributed by atoms with Crippen LogP contribution in [0.15, 0.2) is 36.5 Å². The number of carboxylic acids is 1. The molecule has 7 nitrogen and oxygen atoms in total. The van der Waals surface area contributed by atoms with Gasteiger partial charge in [-0.05, 0) is 18.4 Å². The van der Waals surface area contributed by atoms with Gasteiger partial charge >= 0.3 is 5.97 Å². The largest absolute Gasteiger partial charge is 0.481 e. The van der Waals surface area contributed by atoms with E-state index in [0.717, 1.165) is 25.9 Å². The Morgan fingerprint density at radius 2 is 1.92 bits per heavy atom.